The highest BCUT2D eigenvalue weighted by atomic mass is 15.4. The van der Waals surface area contributed by atoms with Gasteiger partial charge in [-0.3, -0.25) is 9.67 Å². The Morgan fingerprint density at radius 3 is 2.74 bits per heavy atom. The minimum Gasteiger partial charge on any atom is -0.357 e. The number of aromatic nitrogens is 3. The third kappa shape index (κ3) is 3.13. The third-order valence-electron chi connectivity index (χ3n) is 3.10. The van der Waals surface area contributed by atoms with Crippen molar-refractivity contribution in [2.24, 2.45) is 13.0 Å². The van der Waals surface area contributed by atoms with Crippen molar-refractivity contribution in [3.05, 3.63) is 30.6 Å². The Kier molecular flexibility index (Phi) is 4.20. The zero-order chi connectivity index (χ0) is 13.8. The van der Waals surface area contributed by atoms with Crippen molar-refractivity contribution in [2.75, 3.05) is 18.0 Å². The summed E-state index contributed by atoms with van der Waals surface area (Å²) in [5.74, 6) is 1.80. The van der Waals surface area contributed by atoms with Gasteiger partial charge in [-0.25, -0.2) is 0 Å². The van der Waals surface area contributed by atoms with E-state index < -0.39 is 0 Å². The Hall–Kier alpha value is -1.84. The van der Waals surface area contributed by atoms with Crippen molar-refractivity contribution >= 4 is 5.82 Å². The summed E-state index contributed by atoms with van der Waals surface area (Å²) in [7, 11) is 2.00. The SMILES string of the molecule is CCN(CC(C)C)c1cc(-c2cccnc2)nn1C. The standard InChI is InChI=1S/C15H22N4/c1-5-19(11-12(2)3)15-9-14(17-18(15)4)13-7-6-8-16-10-13/h6-10,12H,5,11H2,1-4H3. The van der Waals surface area contributed by atoms with Gasteiger partial charge < -0.3 is 4.90 Å². The fraction of sp³-hybridized carbons (Fsp3) is 0.467. The Labute approximate surface area is 115 Å². The minimum atomic E-state index is 0.636. The van der Waals surface area contributed by atoms with Gasteiger partial charge >= 0.3 is 0 Å². The largest absolute Gasteiger partial charge is 0.357 e. The van der Waals surface area contributed by atoms with Crippen molar-refractivity contribution in [1.82, 2.24) is 14.8 Å². The number of nitrogens with zero attached hydrogens (tertiary/aromatic N) is 4. The normalized spacial score (nSPS) is 11.0. The zero-order valence-electron chi connectivity index (χ0n) is 12.2. The molecule has 0 unspecified atom stereocenters. The van der Waals surface area contributed by atoms with Crippen molar-refractivity contribution in [3.63, 3.8) is 0 Å². The third-order valence-corrected chi connectivity index (χ3v) is 3.10. The van der Waals surface area contributed by atoms with Crippen LogP contribution in [0.2, 0.25) is 0 Å². The highest BCUT2D eigenvalue weighted by Crippen LogP contribution is 2.23. The van der Waals surface area contributed by atoms with Crippen LogP contribution in [0.5, 0.6) is 0 Å². The number of anilines is 1. The van der Waals surface area contributed by atoms with Gasteiger partial charge in [-0.15, -0.1) is 0 Å². The van der Waals surface area contributed by atoms with Crippen molar-refractivity contribution in [3.8, 4) is 11.3 Å². The molecule has 0 aliphatic heterocycles. The number of rotatable bonds is 5. The molecule has 2 heterocycles. The van der Waals surface area contributed by atoms with Gasteiger partial charge in [0.15, 0.2) is 0 Å². The lowest BCUT2D eigenvalue weighted by molar-refractivity contribution is 0.600. The second kappa shape index (κ2) is 5.87. The number of pyridine rings is 1. The van der Waals surface area contributed by atoms with E-state index >= 15 is 0 Å². The summed E-state index contributed by atoms with van der Waals surface area (Å²) in [4.78, 5) is 6.51. The molecule has 0 radical (unpaired) electrons. The molecule has 4 nitrogen and oxygen atoms in total. The fourth-order valence-electron chi connectivity index (χ4n) is 2.23. The summed E-state index contributed by atoms with van der Waals surface area (Å²) in [6.07, 6.45) is 3.63. The van der Waals surface area contributed by atoms with Crippen LogP contribution in [0.15, 0.2) is 30.6 Å². The van der Waals surface area contributed by atoms with Gasteiger partial charge in [-0.05, 0) is 25.0 Å². The quantitative estimate of drug-likeness (QED) is 0.827. The summed E-state index contributed by atoms with van der Waals surface area (Å²) in [5.41, 5.74) is 2.04. The maximum Gasteiger partial charge on any atom is 0.127 e. The van der Waals surface area contributed by atoms with E-state index in [1.807, 2.05) is 30.1 Å². The fourth-order valence-corrected chi connectivity index (χ4v) is 2.23. The van der Waals surface area contributed by atoms with Crippen LogP contribution < -0.4 is 4.90 Å². The Morgan fingerprint density at radius 2 is 2.16 bits per heavy atom. The second-order valence-electron chi connectivity index (χ2n) is 5.19. The van der Waals surface area contributed by atoms with Crippen molar-refractivity contribution < 1.29 is 0 Å². The molecule has 0 aromatic carbocycles. The predicted octanol–water partition coefficient (Wildman–Crippen LogP) is 2.96. The summed E-state index contributed by atoms with van der Waals surface area (Å²) in [5, 5.41) is 4.59. The first-order valence-electron chi connectivity index (χ1n) is 6.81. The molecule has 2 rings (SSSR count). The maximum atomic E-state index is 4.59. The van der Waals surface area contributed by atoms with Crippen LogP contribution in [0.4, 0.5) is 5.82 Å². The van der Waals surface area contributed by atoms with Gasteiger partial charge in [0.05, 0.1) is 5.69 Å². The van der Waals surface area contributed by atoms with E-state index in [1.165, 1.54) is 0 Å². The molecule has 0 fully saturated rings. The molecule has 0 bridgehead atoms. The smallest absolute Gasteiger partial charge is 0.127 e. The summed E-state index contributed by atoms with van der Waals surface area (Å²) < 4.78 is 1.95. The Balaban J connectivity index is 2.30. The van der Waals surface area contributed by atoms with E-state index in [1.54, 1.807) is 6.20 Å². The molecule has 0 aliphatic rings. The molecular formula is C15H22N4. The highest BCUT2D eigenvalue weighted by molar-refractivity contribution is 5.62. The topological polar surface area (TPSA) is 34.0 Å². The number of hydrogen-bond donors (Lipinski definition) is 0. The molecule has 0 saturated carbocycles. The molecule has 0 aliphatic carbocycles. The van der Waals surface area contributed by atoms with E-state index in [0.717, 1.165) is 30.2 Å². The molecule has 4 heteroatoms. The van der Waals surface area contributed by atoms with Gasteiger partial charge in [0.2, 0.25) is 0 Å². The summed E-state index contributed by atoms with van der Waals surface area (Å²) >= 11 is 0. The lowest BCUT2D eigenvalue weighted by Gasteiger charge is -2.24. The van der Waals surface area contributed by atoms with E-state index in [4.69, 9.17) is 0 Å². The van der Waals surface area contributed by atoms with Gasteiger partial charge in [-0.2, -0.15) is 5.10 Å². The van der Waals surface area contributed by atoms with Crippen LogP contribution in [0, 0.1) is 5.92 Å². The molecule has 0 N–H and O–H groups in total. The van der Waals surface area contributed by atoms with E-state index in [9.17, 15) is 0 Å². The molecule has 0 saturated heterocycles. The van der Waals surface area contributed by atoms with Gasteiger partial charge in [0.1, 0.15) is 5.82 Å². The molecule has 2 aromatic heterocycles. The van der Waals surface area contributed by atoms with E-state index in [0.29, 0.717) is 5.92 Å². The molecular weight excluding hydrogens is 236 g/mol. The van der Waals surface area contributed by atoms with Gasteiger partial charge in [0, 0.05) is 44.2 Å². The minimum absolute atomic E-state index is 0.636. The monoisotopic (exact) mass is 258 g/mol. The molecule has 0 amide bonds. The molecule has 102 valence electrons. The molecule has 19 heavy (non-hydrogen) atoms. The molecule has 2 aromatic rings. The lowest BCUT2D eigenvalue weighted by Crippen LogP contribution is -2.28. The van der Waals surface area contributed by atoms with Crippen molar-refractivity contribution in [1.29, 1.82) is 0 Å². The van der Waals surface area contributed by atoms with Crippen LogP contribution in [0.1, 0.15) is 20.8 Å². The first kappa shape index (κ1) is 13.6. The summed E-state index contributed by atoms with van der Waals surface area (Å²) in [6.45, 7) is 8.69. The van der Waals surface area contributed by atoms with Crippen LogP contribution in [0.25, 0.3) is 11.3 Å². The number of aryl methyl sites for hydroxylation is 1. The first-order valence-corrected chi connectivity index (χ1v) is 6.81. The number of hydrogen-bond acceptors (Lipinski definition) is 3. The zero-order valence-corrected chi connectivity index (χ0v) is 12.2. The van der Waals surface area contributed by atoms with Gasteiger partial charge in [0.25, 0.3) is 0 Å². The van der Waals surface area contributed by atoms with E-state index in [-0.39, 0.29) is 0 Å². The average Bonchev–Trinajstić information content (AvgIpc) is 2.79. The Bertz CT molecular complexity index is 516. The van der Waals surface area contributed by atoms with Crippen molar-refractivity contribution in [2.45, 2.75) is 20.8 Å². The van der Waals surface area contributed by atoms with Crippen LogP contribution in [-0.4, -0.2) is 27.9 Å². The van der Waals surface area contributed by atoms with Crippen LogP contribution in [-0.2, 0) is 7.05 Å². The molecule has 0 atom stereocenters. The van der Waals surface area contributed by atoms with Crippen LogP contribution in [0.3, 0.4) is 0 Å². The lowest BCUT2D eigenvalue weighted by atomic mass is 10.2. The maximum absolute atomic E-state index is 4.59. The Morgan fingerprint density at radius 1 is 1.37 bits per heavy atom. The van der Waals surface area contributed by atoms with E-state index in [2.05, 4.69) is 41.8 Å². The average molecular weight is 258 g/mol. The summed E-state index contributed by atoms with van der Waals surface area (Å²) in [6, 6.07) is 6.12. The molecule has 0 spiro atoms. The first-order chi connectivity index (χ1) is 9.11. The van der Waals surface area contributed by atoms with Crippen LogP contribution >= 0.6 is 0 Å². The van der Waals surface area contributed by atoms with Gasteiger partial charge in [-0.1, -0.05) is 13.8 Å². The predicted molar refractivity (Wildman–Crippen MR) is 79.2 cm³/mol. The second-order valence-corrected chi connectivity index (χ2v) is 5.19. The highest BCUT2D eigenvalue weighted by Gasteiger charge is 2.13.